The number of para-hydroxylation sites is 1. The first-order valence-electron chi connectivity index (χ1n) is 6.26. The highest BCUT2D eigenvalue weighted by Crippen LogP contribution is 2.26. The Bertz CT molecular complexity index is 447. The number of likely N-dealkylation sites (N-methyl/N-ethyl adjacent to an activating group) is 1. The number of nitrogens with zero attached hydrogens (tertiary/aromatic N) is 2. The second-order valence-electron chi connectivity index (χ2n) is 4.94. The summed E-state index contributed by atoms with van der Waals surface area (Å²) >= 11 is 0. The first-order chi connectivity index (χ1) is 8.56. The molecule has 4 heteroatoms. The number of piperazine rings is 1. The summed E-state index contributed by atoms with van der Waals surface area (Å²) in [6, 6.07) is 7.66. The van der Waals surface area contributed by atoms with Crippen LogP contribution in [0.5, 0.6) is 0 Å². The van der Waals surface area contributed by atoms with Crippen LogP contribution >= 0.6 is 0 Å². The van der Waals surface area contributed by atoms with Gasteiger partial charge in [-0.1, -0.05) is 18.2 Å². The van der Waals surface area contributed by atoms with Gasteiger partial charge < -0.3 is 14.9 Å². The van der Waals surface area contributed by atoms with E-state index in [-0.39, 0.29) is 18.6 Å². The number of carbonyl (C=O) groups excluding carboxylic acids is 1. The minimum Gasteiger partial charge on any atom is -0.394 e. The van der Waals surface area contributed by atoms with Gasteiger partial charge in [0, 0.05) is 25.3 Å². The summed E-state index contributed by atoms with van der Waals surface area (Å²) in [4.78, 5) is 15.9. The normalized spacial score (nSPS) is 24.6. The summed E-state index contributed by atoms with van der Waals surface area (Å²) in [6.07, 6.45) is 0. The zero-order valence-electron chi connectivity index (χ0n) is 11.1. The molecule has 0 aromatic heterocycles. The summed E-state index contributed by atoms with van der Waals surface area (Å²) in [5.41, 5.74) is 2.16. The molecule has 1 saturated heterocycles. The molecule has 1 heterocycles. The van der Waals surface area contributed by atoms with Crippen LogP contribution in [0.25, 0.3) is 0 Å². The van der Waals surface area contributed by atoms with Crippen LogP contribution in [0.15, 0.2) is 24.3 Å². The highest BCUT2D eigenvalue weighted by Gasteiger charge is 2.36. The fraction of sp³-hybridized carbons (Fsp3) is 0.500. The van der Waals surface area contributed by atoms with Gasteiger partial charge >= 0.3 is 0 Å². The SMILES string of the molecule is Cc1ccccc1N1CC(C)N(C)C(=O)C1CO. The molecule has 1 aromatic carbocycles. The van der Waals surface area contributed by atoms with Crippen molar-refractivity contribution in [1.82, 2.24) is 4.90 Å². The van der Waals surface area contributed by atoms with Crippen LogP contribution in [-0.4, -0.2) is 48.2 Å². The number of anilines is 1. The maximum atomic E-state index is 12.2. The van der Waals surface area contributed by atoms with Gasteiger partial charge in [0.2, 0.25) is 5.91 Å². The standard InChI is InChI=1S/C14H20N2O2/c1-10-6-4-5-7-12(10)16-8-11(2)15(3)14(18)13(16)9-17/h4-7,11,13,17H,8-9H2,1-3H3. The van der Waals surface area contributed by atoms with E-state index in [1.54, 1.807) is 11.9 Å². The van der Waals surface area contributed by atoms with E-state index in [1.165, 1.54) is 0 Å². The Morgan fingerprint density at radius 2 is 2.06 bits per heavy atom. The van der Waals surface area contributed by atoms with Gasteiger partial charge in [0.25, 0.3) is 0 Å². The van der Waals surface area contributed by atoms with Crippen LogP contribution in [0.4, 0.5) is 5.69 Å². The van der Waals surface area contributed by atoms with Crippen LogP contribution < -0.4 is 4.90 Å². The Hall–Kier alpha value is -1.55. The number of rotatable bonds is 2. The van der Waals surface area contributed by atoms with Crippen molar-refractivity contribution in [2.24, 2.45) is 0 Å². The lowest BCUT2D eigenvalue weighted by atomic mass is 10.0. The van der Waals surface area contributed by atoms with Gasteiger partial charge in [0.15, 0.2) is 0 Å². The molecule has 1 aromatic rings. The van der Waals surface area contributed by atoms with Gasteiger partial charge in [-0.3, -0.25) is 4.79 Å². The van der Waals surface area contributed by atoms with Crippen molar-refractivity contribution in [3.05, 3.63) is 29.8 Å². The summed E-state index contributed by atoms with van der Waals surface area (Å²) in [5.74, 6) is -0.0143. The molecule has 1 aliphatic heterocycles. The van der Waals surface area contributed by atoms with E-state index in [0.29, 0.717) is 0 Å². The lowest BCUT2D eigenvalue weighted by Gasteiger charge is -2.44. The molecule has 98 valence electrons. The number of aliphatic hydroxyl groups is 1. The van der Waals surface area contributed by atoms with Crippen molar-refractivity contribution in [3.8, 4) is 0 Å². The molecule has 0 saturated carbocycles. The van der Waals surface area contributed by atoms with Crippen LogP contribution in [0.1, 0.15) is 12.5 Å². The van der Waals surface area contributed by atoms with E-state index in [0.717, 1.165) is 17.8 Å². The molecule has 0 aliphatic carbocycles. The molecule has 2 atom stereocenters. The molecule has 1 aliphatic rings. The molecular formula is C14H20N2O2. The summed E-state index contributed by atoms with van der Waals surface area (Å²) in [7, 11) is 1.80. The number of carbonyl (C=O) groups is 1. The maximum absolute atomic E-state index is 12.2. The highest BCUT2D eigenvalue weighted by atomic mass is 16.3. The molecule has 1 fully saturated rings. The first-order valence-corrected chi connectivity index (χ1v) is 6.26. The third-order valence-electron chi connectivity index (χ3n) is 3.73. The second kappa shape index (κ2) is 4.98. The van der Waals surface area contributed by atoms with Crippen molar-refractivity contribution in [3.63, 3.8) is 0 Å². The molecule has 2 unspecified atom stereocenters. The van der Waals surface area contributed by atoms with Crippen molar-refractivity contribution >= 4 is 11.6 Å². The van der Waals surface area contributed by atoms with E-state index in [4.69, 9.17) is 0 Å². The summed E-state index contributed by atoms with van der Waals surface area (Å²) in [5, 5.41) is 9.50. The predicted octanol–water partition coefficient (Wildman–Crippen LogP) is 1.02. The number of aryl methyl sites for hydroxylation is 1. The van der Waals surface area contributed by atoms with Crippen LogP contribution in [0.3, 0.4) is 0 Å². The van der Waals surface area contributed by atoms with Gasteiger partial charge in [-0.15, -0.1) is 0 Å². The van der Waals surface area contributed by atoms with E-state index < -0.39 is 6.04 Å². The van der Waals surface area contributed by atoms with Gasteiger partial charge in [0.1, 0.15) is 6.04 Å². The van der Waals surface area contributed by atoms with Crippen molar-refractivity contribution in [2.75, 3.05) is 25.1 Å². The number of benzene rings is 1. The minimum atomic E-state index is -0.465. The van der Waals surface area contributed by atoms with Crippen molar-refractivity contribution in [2.45, 2.75) is 25.9 Å². The van der Waals surface area contributed by atoms with E-state index in [1.807, 2.05) is 43.0 Å². The molecule has 0 spiro atoms. The van der Waals surface area contributed by atoms with Crippen molar-refractivity contribution < 1.29 is 9.90 Å². The largest absolute Gasteiger partial charge is 0.394 e. The third kappa shape index (κ3) is 2.08. The maximum Gasteiger partial charge on any atom is 0.247 e. The smallest absolute Gasteiger partial charge is 0.247 e. The summed E-state index contributed by atoms with van der Waals surface area (Å²) in [6.45, 7) is 4.65. The Morgan fingerprint density at radius 3 is 2.67 bits per heavy atom. The van der Waals surface area contributed by atoms with Gasteiger partial charge in [0.05, 0.1) is 6.61 Å². The zero-order chi connectivity index (χ0) is 13.3. The fourth-order valence-corrected chi connectivity index (χ4v) is 2.45. The Balaban J connectivity index is 2.37. The molecule has 0 bridgehead atoms. The second-order valence-corrected chi connectivity index (χ2v) is 4.94. The Morgan fingerprint density at radius 1 is 1.39 bits per heavy atom. The molecular weight excluding hydrogens is 228 g/mol. The molecule has 1 N–H and O–H groups in total. The van der Waals surface area contributed by atoms with E-state index in [2.05, 4.69) is 0 Å². The topological polar surface area (TPSA) is 43.8 Å². The molecule has 2 rings (SSSR count). The van der Waals surface area contributed by atoms with Crippen molar-refractivity contribution in [1.29, 1.82) is 0 Å². The average molecular weight is 248 g/mol. The van der Waals surface area contributed by atoms with Gasteiger partial charge in [-0.25, -0.2) is 0 Å². The quantitative estimate of drug-likeness (QED) is 0.850. The Kier molecular flexibility index (Phi) is 3.57. The van der Waals surface area contributed by atoms with Crippen LogP contribution in [-0.2, 0) is 4.79 Å². The number of hydrogen-bond donors (Lipinski definition) is 1. The van der Waals surface area contributed by atoms with E-state index in [9.17, 15) is 9.90 Å². The lowest BCUT2D eigenvalue weighted by Crippen LogP contribution is -2.61. The number of hydrogen-bond acceptors (Lipinski definition) is 3. The number of amides is 1. The predicted molar refractivity (Wildman–Crippen MR) is 71.6 cm³/mol. The minimum absolute atomic E-state index is 0.0143. The number of aliphatic hydroxyl groups excluding tert-OH is 1. The molecule has 0 radical (unpaired) electrons. The highest BCUT2D eigenvalue weighted by molar-refractivity contribution is 5.87. The van der Waals surface area contributed by atoms with E-state index >= 15 is 0 Å². The summed E-state index contributed by atoms with van der Waals surface area (Å²) < 4.78 is 0. The fourth-order valence-electron chi connectivity index (χ4n) is 2.45. The van der Waals surface area contributed by atoms with Crippen LogP contribution in [0, 0.1) is 6.92 Å². The molecule has 1 amide bonds. The van der Waals surface area contributed by atoms with Gasteiger partial charge in [-0.05, 0) is 25.5 Å². The lowest BCUT2D eigenvalue weighted by molar-refractivity contribution is -0.136. The zero-order valence-corrected chi connectivity index (χ0v) is 11.1. The molecule has 4 nitrogen and oxygen atoms in total. The van der Waals surface area contributed by atoms with Crippen LogP contribution in [0.2, 0.25) is 0 Å². The van der Waals surface area contributed by atoms with Gasteiger partial charge in [-0.2, -0.15) is 0 Å². The third-order valence-corrected chi connectivity index (χ3v) is 3.73. The molecule has 18 heavy (non-hydrogen) atoms. The first kappa shape index (κ1) is 12.9. The Labute approximate surface area is 108 Å². The average Bonchev–Trinajstić information content (AvgIpc) is 2.36. The monoisotopic (exact) mass is 248 g/mol.